The van der Waals surface area contributed by atoms with Crippen molar-refractivity contribution in [2.75, 3.05) is 19.6 Å². The Morgan fingerprint density at radius 1 is 1.17 bits per heavy atom. The van der Waals surface area contributed by atoms with Gasteiger partial charge in [0.2, 0.25) is 0 Å². The molecule has 2 N–H and O–H groups in total. The molecule has 4 rings (SSSR count). The van der Waals surface area contributed by atoms with E-state index in [0.717, 1.165) is 19.0 Å². The standard InChI is InChI=1S/C25H40FNO2/c1-17(15-27-11-9-20(26)16-27)23-7-8-24-19(4-3-10-25(23,24)2)6-5-18-12-21(28)14-22(29)13-18/h5-6,17,20-24,28-29H,3-4,7-16H2,1-2H3/b18-5?,19-6+/t17-,20-,21-,22+,23+,24-,25+/m0/s1. The lowest BCUT2D eigenvalue weighted by Gasteiger charge is -2.45. The summed E-state index contributed by atoms with van der Waals surface area (Å²) in [5, 5.41) is 19.9. The quantitative estimate of drug-likeness (QED) is 0.716. The van der Waals surface area contributed by atoms with Gasteiger partial charge in [-0.1, -0.05) is 37.1 Å². The third-order valence-electron chi connectivity index (χ3n) is 8.56. The molecule has 0 aromatic carbocycles. The number of rotatable bonds is 4. The number of halogens is 1. The number of fused-ring (bicyclic) bond motifs is 1. The lowest BCUT2D eigenvalue weighted by atomic mass is 9.61. The van der Waals surface area contributed by atoms with Crippen molar-refractivity contribution in [1.29, 1.82) is 0 Å². The van der Waals surface area contributed by atoms with Crippen LogP contribution < -0.4 is 0 Å². The van der Waals surface area contributed by atoms with E-state index in [1.807, 2.05) is 0 Å². The molecular formula is C25H40FNO2. The van der Waals surface area contributed by atoms with Gasteiger partial charge in [0.25, 0.3) is 0 Å². The van der Waals surface area contributed by atoms with E-state index in [1.165, 1.54) is 37.7 Å². The van der Waals surface area contributed by atoms with Crippen molar-refractivity contribution in [2.45, 2.75) is 90.0 Å². The smallest absolute Gasteiger partial charge is 0.114 e. The topological polar surface area (TPSA) is 43.7 Å². The van der Waals surface area contributed by atoms with Crippen LogP contribution in [-0.4, -0.2) is 53.1 Å². The maximum Gasteiger partial charge on any atom is 0.114 e. The van der Waals surface area contributed by atoms with Gasteiger partial charge >= 0.3 is 0 Å². The molecule has 3 saturated carbocycles. The number of aliphatic hydroxyl groups is 2. The minimum atomic E-state index is -0.622. The Hall–Kier alpha value is -0.710. The molecule has 4 aliphatic rings. The molecule has 0 bridgehead atoms. The number of nitrogens with zero attached hydrogens (tertiary/aromatic N) is 1. The summed E-state index contributed by atoms with van der Waals surface area (Å²) in [6, 6.07) is 0. The van der Waals surface area contributed by atoms with Crippen molar-refractivity contribution in [1.82, 2.24) is 4.90 Å². The summed E-state index contributed by atoms with van der Waals surface area (Å²) in [6.07, 6.45) is 12.1. The predicted octanol–water partition coefficient (Wildman–Crippen LogP) is 4.64. The van der Waals surface area contributed by atoms with E-state index in [9.17, 15) is 14.6 Å². The molecule has 0 aromatic rings. The molecular weight excluding hydrogens is 365 g/mol. The van der Waals surface area contributed by atoms with Gasteiger partial charge in [0.1, 0.15) is 6.17 Å². The summed E-state index contributed by atoms with van der Waals surface area (Å²) in [4.78, 5) is 2.34. The molecule has 1 saturated heterocycles. The average molecular weight is 406 g/mol. The second kappa shape index (κ2) is 8.80. The molecule has 0 radical (unpaired) electrons. The Morgan fingerprint density at radius 3 is 2.62 bits per heavy atom. The summed E-state index contributed by atoms with van der Waals surface area (Å²) in [6.45, 7) is 7.52. The van der Waals surface area contributed by atoms with Gasteiger partial charge in [-0.25, -0.2) is 4.39 Å². The first-order valence-corrected chi connectivity index (χ1v) is 12.0. The fraction of sp³-hybridized carbons (Fsp3) is 0.840. The zero-order valence-corrected chi connectivity index (χ0v) is 18.3. The maximum absolute atomic E-state index is 13.6. The number of likely N-dealkylation sites (tertiary alicyclic amines) is 1. The Morgan fingerprint density at radius 2 is 1.93 bits per heavy atom. The molecule has 29 heavy (non-hydrogen) atoms. The highest BCUT2D eigenvalue weighted by atomic mass is 19.1. The molecule has 0 amide bonds. The fourth-order valence-corrected chi connectivity index (χ4v) is 7.23. The van der Waals surface area contributed by atoms with E-state index in [1.54, 1.807) is 5.57 Å². The van der Waals surface area contributed by atoms with Gasteiger partial charge in [-0.2, -0.15) is 0 Å². The minimum Gasteiger partial charge on any atom is -0.393 e. The molecule has 3 aliphatic carbocycles. The van der Waals surface area contributed by atoms with E-state index in [4.69, 9.17) is 0 Å². The van der Waals surface area contributed by atoms with Crippen LogP contribution in [0.4, 0.5) is 4.39 Å². The Kier molecular flexibility index (Phi) is 6.53. The number of hydrogen-bond acceptors (Lipinski definition) is 3. The van der Waals surface area contributed by atoms with Crippen molar-refractivity contribution in [3.63, 3.8) is 0 Å². The van der Waals surface area contributed by atoms with Gasteiger partial charge in [-0.3, -0.25) is 0 Å². The zero-order valence-electron chi connectivity index (χ0n) is 18.3. The monoisotopic (exact) mass is 405 g/mol. The second-order valence-corrected chi connectivity index (χ2v) is 10.7. The Bertz CT molecular complexity index is 635. The molecule has 1 aliphatic heterocycles. The van der Waals surface area contributed by atoms with E-state index in [0.29, 0.717) is 49.5 Å². The number of allylic oxidation sites excluding steroid dienone is 3. The SMILES string of the molecule is C[C@@H](CN1CC[C@H](F)C1)[C@H]1CC[C@H]2/C(=C/C=C3C[C@@H](O)C[C@@H](O)C3)CCC[C@]12C. The van der Waals surface area contributed by atoms with E-state index < -0.39 is 18.4 Å². The van der Waals surface area contributed by atoms with Crippen LogP contribution in [0.3, 0.4) is 0 Å². The van der Waals surface area contributed by atoms with Crippen LogP contribution in [0.2, 0.25) is 0 Å². The van der Waals surface area contributed by atoms with Crippen LogP contribution in [-0.2, 0) is 0 Å². The van der Waals surface area contributed by atoms with Crippen molar-refractivity contribution < 1.29 is 14.6 Å². The number of alkyl halides is 1. The molecule has 0 spiro atoms. The first-order valence-electron chi connectivity index (χ1n) is 12.0. The Labute approximate surface area is 176 Å². The number of hydrogen-bond donors (Lipinski definition) is 2. The average Bonchev–Trinajstić information content (AvgIpc) is 3.21. The van der Waals surface area contributed by atoms with E-state index in [-0.39, 0.29) is 0 Å². The van der Waals surface area contributed by atoms with Gasteiger partial charge in [0.05, 0.1) is 12.2 Å². The molecule has 164 valence electrons. The largest absolute Gasteiger partial charge is 0.393 e. The van der Waals surface area contributed by atoms with Gasteiger partial charge in [0.15, 0.2) is 0 Å². The van der Waals surface area contributed by atoms with Crippen molar-refractivity contribution >= 4 is 0 Å². The summed E-state index contributed by atoms with van der Waals surface area (Å²) >= 11 is 0. The molecule has 0 aromatic heterocycles. The van der Waals surface area contributed by atoms with Gasteiger partial charge in [0, 0.05) is 19.6 Å². The van der Waals surface area contributed by atoms with Gasteiger partial charge in [-0.05, 0) is 81.0 Å². The van der Waals surface area contributed by atoms with E-state index in [2.05, 4.69) is 30.9 Å². The third kappa shape index (κ3) is 4.65. The fourth-order valence-electron chi connectivity index (χ4n) is 7.23. The summed E-state index contributed by atoms with van der Waals surface area (Å²) < 4.78 is 13.6. The summed E-state index contributed by atoms with van der Waals surface area (Å²) in [7, 11) is 0. The lowest BCUT2D eigenvalue weighted by molar-refractivity contribution is 0.0609. The molecule has 0 unspecified atom stereocenters. The van der Waals surface area contributed by atoms with Crippen LogP contribution in [0.15, 0.2) is 23.3 Å². The van der Waals surface area contributed by atoms with Crippen LogP contribution in [0.1, 0.15) is 71.6 Å². The van der Waals surface area contributed by atoms with Crippen molar-refractivity contribution in [2.24, 2.45) is 23.2 Å². The normalized spacial score (nSPS) is 45.1. The maximum atomic E-state index is 13.6. The van der Waals surface area contributed by atoms with Crippen LogP contribution in [0.25, 0.3) is 0 Å². The zero-order chi connectivity index (χ0) is 20.6. The first-order chi connectivity index (χ1) is 13.8. The predicted molar refractivity (Wildman–Crippen MR) is 115 cm³/mol. The van der Waals surface area contributed by atoms with Crippen molar-refractivity contribution in [3.8, 4) is 0 Å². The number of aliphatic hydroxyl groups excluding tert-OH is 2. The summed E-state index contributed by atoms with van der Waals surface area (Å²) in [5.41, 5.74) is 3.14. The molecule has 4 heteroatoms. The van der Waals surface area contributed by atoms with Crippen molar-refractivity contribution in [3.05, 3.63) is 23.3 Å². The van der Waals surface area contributed by atoms with Gasteiger partial charge < -0.3 is 15.1 Å². The van der Waals surface area contributed by atoms with Crippen LogP contribution in [0.5, 0.6) is 0 Å². The highest BCUT2D eigenvalue weighted by molar-refractivity contribution is 5.26. The highest BCUT2D eigenvalue weighted by Gasteiger charge is 2.50. The minimum absolute atomic E-state index is 0.364. The molecule has 3 nitrogen and oxygen atoms in total. The summed E-state index contributed by atoms with van der Waals surface area (Å²) in [5.74, 6) is 2.00. The Balaban J connectivity index is 1.44. The van der Waals surface area contributed by atoms with E-state index >= 15 is 0 Å². The molecule has 7 atom stereocenters. The molecule has 4 fully saturated rings. The lowest BCUT2D eigenvalue weighted by Crippen LogP contribution is -2.39. The van der Waals surface area contributed by atoms with Crippen LogP contribution >= 0.6 is 0 Å². The molecule has 1 heterocycles. The van der Waals surface area contributed by atoms with Crippen LogP contribution in [0, 0.1) is 23.2 Å². The highest BCUT2D eigenvalue weighted by Crippen LogP contribution is 2.59. The van der Waals surface area contributed by atoms with Gasteiger partial charge in [-0.15, -0.1) is 0 Å². The third-order valence-corrected chi connectivity index (χ3v) is 8.56. The second-order valence-electron chi connectivity index (χ2n) is 10.7. The first kappa shape index (κ1) is 21.5.